The molecule has 1 aromatic carbocycles. The fourth-order valence-corrected chi connectivity index (χ4v) is 2.98. The molecular formula is C14H21NO. The Labute approximate surface area is 97.8 Å². The third-order valence-electron chi connectivity index (χ3n) is 3.66. The molecule has 16 heavy (non-hydrogen) atoms. The van der Waals surface area contributed by atoms with Gasteiger partial charge in [-0.2, -0.15) is 0 Å². The zero-order chi connectivity index (χ0) is 11.8. The van der Waals surface area contributed by atoms with E-state index in [4.69, 9.17) is 10.5 Å². The van der Waals surface area contributed by atoms with Gasteiger partial charge in [-0.3, -0.25) is 0 Å². The molecule has 2 heteroatoms. The molecule has 1 fully saturated rings. The molecule has 0 amide bonds. The number of aryl methyl sites for hydroxylation is 2. The molecule has 0 heterocycles. The van der Waals surface area contributed by atoms with Crippen LogP contribution in [0.15, 0.2) is 12.1 Å². The standard InChI is InChI=1S/C14H21NO/c1-10-8-11(2)13(12(9-10)16-3)14(15)6-4-5-7-14/h8-9H,4-7,15H2,1-3H3. The first-order valence-corrected chi connectivity index (χ1v) is 6.01. The molecule has 88 valence electrons. The minimum Gasteiger partial charge on any atom is -0.496 e. The quantitative estimate of drug-likeness (QED) is 0.829. The molecule has 1 saturated carbocycles. The van der Waals surface area contributed by atoms with Gasteiger partial charge >= 0.3 is 0 Å². The van der Waals surface area contributed by atoms with E-state index in [1.165, 1.54) is 29.5 Å². The van der Waals surface area contributed by atoms with Gasteiger partial charge < -0.3 is 10.5 Å². The molecule has 2 nitrogen and oxygen atoms in total. The molecule has 0 unspecified atom stereocenters. The summed E-state index contributed by atoms with van der Waals surface area (Å²) in [4.78, 5) is 0. The van der Waals surface area contributed by atoms with Gasteiger partial charge in [0.25, 0.3) is 0 Å². The number of methoxy groups -OCH3 is 1. The lowest BCUT2D eigenvalue weighted by molar-refractivity contribution is 0.377. The highest BCUT2D eigenvalue weighted by Gasteiger charge is 2.35. The lowest BCUT2D eigenvalue weighted by atomic mass is 9.85. The third-order valence-corrected chi connectivity index (χ3v) is 3.66. The zero-order valence-corrected chi connectivity index (χ0v) is 10.5. The van der Waals surface area contributed by atoms with Gasteiger partial charge in [-0.25, -0.2) is 0 Å². The van der Waals surface area contributed by atoms with E-state index in [0.717, 1.165) is 18.6 Å². The Bertz CT molecular complexity index is 392. The molecule has 0 radical (unpaired) electrons. The van der Waals surface area contributed by atoms with Crippen molar-refractivity contribution in [2.24, 2.45) is 5.73 Å². The lowest BCUT2D eigenvalue weighted by Crippen LogP contribution is -2.34. The SMILES string of the molecule is COc1cc(C)cc(C)c1C1(N)CCCC1. The summed E-state index contributed by atoms with van der Waals surface area (Å²) in [7, 11) is 1.73. The van der Waals surface area contributed by atoms with Crippen LogP contribution in [-0.2, 0) is 5.54 Å². The van der Waals surface area contributed by atoms with E-state index in [1.54, 1.807) is 7.11 Å². The molecule has 1 aliphatic rings. The monoisotopic (exact) mass is 219 g/mol. The molecule has 0 atom stereocenters. The van der Waals surface area contributed by atoms with E-state index in [2.05, 4.69) is 26.0 Å². The van der Waals surface area contributed by atoms with Crippen molar-refractivity contribution in [2.45, 2.75) is 45.1 Å². The van der Waals surface area contributed by atoms with Gasteiger partial charge in [-0.15, -0.1) is 0 Å². The van der Waals surface area contributed by atoms with Crippen LogP contribution in [-0.4, -0.2) is 7.11 Å². The number of ether oxygens (including phenoxy) is 1. The van der Waals surface area contributed by atoms with E-state index in [-0.39, 0.29) is 5.54 Å². The van der Waals surface area contributed by atoms with Crippen LogP contribution in [0.3, 0.4) is 0 Å². The highest BCUT2D eigenvalue weighted by atomic mass is 16.5. The molecule has 0 saturated heterocycles. The van der Waals surface area contributed by atoms with Gasteiger partial charge in [0.05, 0.1) is 7.11 Å². The summed E-state index contributed by atoms with van der Waals surface area (Å²) in [5, 5.41) is 0. The van der Waals surface area contributed by atoms with Gasteiger partial charge in [-0.05, 0) is 43.9 Å². The van der Waals surface area contributed by atoms with Crippen LogP contribution in [0.25, 0.3) is 0 Å². The molecule has 0 spiro atoms. The van der Waals surface area contributed by atoms with Gasteiger partial charge in [0.2, 0.25) is 0 Å². The van der Waals surface area contributed by atoms with Crippen LogP contribution in [0, 0.1) is 13.8 Å². The molecule has 0 bridgehead atoms. The normalized spacial score (nSPS) is 18.8. The second-order valence-electron chi connectivity index (χ2n) is 5.02. The van der Waals surface area contributed by atoms with Crippen LogP contribution in [0.2, 0.25) is 0 Å². The average Bonchev–Trinajstić information content (AvgIpc) is 2.64. The Morgan fingerprint density at radius 1 is 1.19 bits per heavy atom. The Morgan fingerprint density at radius 2 is 1.81 bits per heavy atom. The van der Waals surface area contributed by atoms with Crippen molar-refractivity contribution in [1.29, 1.82) is 0 Å². The van der Waals surface area contributed by atoms with Crippen molar-refractivity contribution in [3.63, 3.8) is 0 Å². The van der Waals surface area contributed by atoms with Crippen molar-refractivity contribution < 1.29 is 4.74 Å². The van der Waals surface area contributed by atoms with Crippen LogP contribution >= 0.6 is 0 Å². The predicted molar refractivity (Wildman–Crippen MR) is 66.8 cm³/mol. The highest BCUT2D eigenvalue weighted by molar-refractivity contribution is 5.47. The first-order valence-electron chi connectivity index (χ1n) is 6.01. The summed E-state index contributed by atoms with van der Waals surface area (Å²) in [6, 6.07) is 4.29. The molecule has 0 aromatic heterocycles. The number of benzene rings is 1. The van der Waals surface area contributed by atoms with Crippen molar-refractivity contribution >= 4 is 0 Å². The first-order chi connectivity index (χ1) is 7.57. The third kappa shape index (κ3) is 1.82. The summed E-state index contributed by atoms with van der Waals surface area (Å²) in [6.45, 7) is 4.23. The summed E-state index contributed by atoms with van der Waals surface area (Å²) in [5.41, 5.74) is 10.1. The fraction of sp³-hybridized carbons (Fsp3) is 0.571. The Morgan fingerprint density at radius 3 is 2.38 bits per heavy atom. The van der Waals surface area contributed by atoms with Crippen molar-refractivity contribution in [1.82, 2.24) is 0 Å². The number of hydrogen-bond acceptors (Lipinski definition) is 2. The van der Waals surface area contributed by atoms with Crippen LogP contribution in [0.4, 0.5) is 0 Å². The minimum absolute atomic E-state index is 0.164. The van der Waals surface area contributed by atoms with E-state index in [9.17, 15) is 0 Å². The summed E-state index contributed by atoms with van der Waals surface area (Å²) in [5.74, 6) is 0.960. The van der Waals surface area contributed by atoms with E-state index in [1.807, 2.05) is 0 Å². The van der Waals surface area contributed by atoms with Crippen molar-refractivity contribution in [3.05, 3.63) is 28.8 Å². The summed E-state index contributed by atoms with van der Waals surface area (Å²) in [6.07, 6.45) is 4.61. The van der Waals surface area contributed by atoms with Crippen molar-refractivity contribution in [3.8, 4) is 5.75 Å². The zero-order valence-electron chi connectivity index (χ0n) is 10.5. The fourth-order valence-electron chi connectivity index (χ4n) is 2.98. The van der Waals surface area contributed by atoms with E-state index < -0.39 is 0 Å². The number of rotatable bonds is 2. The second kappa shape index (κ2) is 4.10. The lowest BCUT2D eigenvalue weighted by Gasteiger charge is -2.28. The average molecular weight is 219 g/mol. The van der Waals surface area contributed by atoms with E-state index >= 15 is 0 Å². The van der Waals surface area contributed by atoms with Gasteiger partial charge in [-0.1, -0.05) is 18.9 Å². The van der Waals surface area contributed by atoms with Gasteiger partial charge in [0.15, 0.2) is 0 Å². The molecule has 1 aromatic rings. The Balaban J connectivity index is 2.54. The number of nitrogens with two attached hydrogens (primary N) is 1. The van der Waals surface area contributed by atoms with Crippen LogP contribution in [0.5, 0.6) is 5.75 Å². The maximum absolute atomic E-state index is 6.53. The Kier molecular flexibility index (Phi) is 2.94. The smallest absolute Gasteiger partial charge is 0.124 e. The molecule has 2 rings (SSSR count). The van der Waals surface area contributed by atoms with Crippen LogP contribution in [0.1, 0.15) is 42.4 Å². The summed E-state index contributed by atoms with van der Waals surface area (Å²) >= 11 is 0. The number of hydrogen-bond donors (Lipinski definition) is 1. The molecule has 1 aliphatic carbocycles. The second-order valence-corrected chi connectivity index (χ2v) is 5.02. The van der Waals surface area contributed by atoms with Gasteiger partial charge in [0.1, 0.15) is 5.75 Å². The molecular weight excluding hydrogens is 198 g/mol. The van der Waals surface area contributed by atoms with E-state index in [0.29, 0.717) is 0 Å². The van der Waals surface area contributed by atoms with Crippen molar-refractivity contribution in [2.75, 3.05) is 7.11 Å². The Hall–Kier alpha value is -1.02. The summed E-state index contributed by atoms with van der Waals surface area (Å²) < 4.78 is 5.50. The maximum Gasteiger partial charge on any atom is 0.124 e. The first kappa shape index (κ1) is 11.5. The maximum atomic E-state index is 6.53. The predicted octanol–water partition coefficient (Wildman–Crippen LogP) is 3.04. The molecule has 0 aliphatic heterocycles. The topological polar surface area (TPSA) is 35.2 Å². The minimum atomic E-state index is -0.164. The van der Waals surface area contributed by atoms with Crippen LogP contribution < -0.4 is 10.5 Å². The van der Waals surface area contributed by atoms with Gasteiger partial charge in [0, 0.05) is 11.1 Å². The molecule has 2 N–H and O–H groups in total. The highest BCUT2D eigenvalue weighted by Crippen LogP contribution is 2.42. The largest absolute Gasteiger partial charge is 0.496 e.